The number of ether oxygens (including phenoxy) is 1. The van der Waals surface area contributed by atoms with Gasteiger partial charge in [0, 0.05) is 48.9 Å². The number of carbonyl (C=O) groups is 1. The molecule has 1 aliphatic heterocycles. The highest BCUT2D eigenvalue weighted by atomic mass is 32.1. The van der Waals surface area contributed by atoms with Gasteiger partial charge in [-0.25, -0.2) is 9.78 Å². The van der Waals surface area contributed by atoms with E-state index >= 15 is 0 Å². The lowest BCUT2D eigenvalue weighted by molar-refractivity contribution is -0.192. The van der Waals surface area contributed by atoms with Gasteiger partial charge in [0.05, 0.1) is 19.0 Å². The number of aliphatic carboxylic acids is 1. The van der Waals surface area contributed by atoms with Crippen molar-refractivity contribution in [1.29, 1.82) is 0 Å². The van der Waals surface area contributed by atoms with Crippen molar-refractivity contribution in [1.82, 2.24) is 19.9 Å². The van der Waals surface area contributed by atoms with Gasteiger partial charge in [-0.1, -0.05) is 18.2 Å². The van der Waals surface area contributed by atoms with Crippen LogP contribution in [0.3, 0.4) is 0 Å². The Kier molecular flexibility index (Phi) is 7.18. The van der Waals surface area contributed by atoms with Crippen molar-refractivity contribution < 1.29 is 27.8 Å². The summed E-state index contributed by atoms with van der Waals surface area (Å²) in [5, 5.41) is 8.09. The van der Waals surface area contributed by atoms with E-state index in [0.29, 0.717) is 0 Å². The first-order chi connectivity index (χ1) is 14.8. The van der Waals surface area contributed by atoms with E-state index in [2.05, 4.69) is 27.0 Å². The van der Waals surface area contributed by atoms with Crippen LogP contribution in [0.5, 0.6) is 5.75 Å². The average molecular weight is 452 g/mol. The normalized spacial score (nSPS) is 13.7. The van der Waals surface area contributed by atoms with Gasteiger partial charge in [0.1, 0.15) is 16.5 Å². The molecule has 31 heavy (non-hydrogen) atoms. The van der Waals surface area contributed by atoms with Crippen molar-refractivity contribution in [2.24, 2.45) is 0 Å². The van der Waals surface area contributed by atoms with Gasteiger partial charge in [0.2, 0.25) is 0 Å². The van der Waals surface area contributed by atoms with Crippen molar-refractivity contribution in [3.05, 3.63) is 59.0 Å². The monoisotopic (exact) mass is 452 g/mol. The van der Waals surface area contributed by atoms with Crippen LogP contribution in [0.25, 0.3) is 10.7 Å². The highest BCUT2D eigenvalue weighted by Gasteiger charge is 2.38. The zero-order chi connectivity index (χ0) is 22.4. The van der Waals surface area contributed by atoms with Gasteiger partial charge in [-0.15, -0.1) is 11.3 Å². The molecule has 0 aliphatic carbocycles. The predicted molar refractivity (Wildman–Crippen MR) is 108 cm³/mol. The molecule has 0 unspecified atom stereocenters. The molecule has 1 aliphatic rings. The van der Waals surface area contributed by atoms with Crippen LogP contribution < -0.4 is 4.74 Å². The fourth-order valence-corrected chi connectivity index (χ4v) is 4.09. The fourth-order valence-electron chi connectivity index (χ4n) is 2.98. The average Bonchev–Trinajstić information content (AvgIpc) is 3.18. The highest BCUT2D eigenvalue weighted by Crippen LogP contribution is 2.31. The van der Waals surface area contributed by atoms with E-state index < -0.39 is 12.1 Å². The van der Waals surface area contributed by atoms with Crippen LogP contribution in [0.1, 0.15) is 16.1 Å². The Bertz CT molecular complexity index is 1030. The standard InChI is InChI=1S/C18H18N4OS.C2HF3O2/c1-23-16-5-3-2-4-13(16)11-22-9-6-14-17(12-22)24-18(21-14)15-10-19-7-8-20-15;3-2(4,5)1(6)7/h2-5,7-8,10H,6,9,11-12H2,1H3;(H,6,7). The van der Waals surface area contributed by atoms with E-state index in [0.717, 1.165) is 42.5 Å². The molecule has 0 amide bonds. The Morgan fingerprint density at radius 2 is 2.03 bits per heavy atom. The molecule has 0 atom stereocenters. The number of nitrogens with zero attached hydrogens (tertiary/aromatic N) is 4. The third-order valence-corrected chi connectivity index (χ3v) is 5.53. The summed E-state index contributed by atoms with van der Waals surface area (Å²) in [6, 6.07) is 8.22. The highest BCUT2D eigenvalue weighted by molar-refractivity contribution is 7.15. The van der Waals surface area contributed by atoms with Gasteiger partial charge in [0.25, 0.3) is 0 Å². The number of hydrogen-bond acceptors (Lipinski definition) is 7. The van der Waals surface area contributed by atoms with Crippen LogP contribution in [-0.2, 0) is 24.3 Å². The van der Waals surface area contributed by atoms with Crippen LogP contribution in [0, 0.1) is 0 Å². The Hall–Kier alpha value is -3.05. The van der Waals surface area contributed by atoms with Gasteiger partial charge >= 0.3 is 12.1 Å². The lowest BCUT2D eigenvalue weighted by Crippen LogP contribution is -2.29. The van der Waals surface area contributed by atoms with E-state index in [1.54, 1.807) is 37.0 Å². The molecule has 3 heterocycles. The van der Waals surface area contributed by atoms with Gasteiger partial charge in [-0.2, -0.15) is 13.2 Å². The number of carboxylic acid groups (broad SMARTS) is 1. The molecule has 0 spiro atoms. The Morgan fingerprint density at radius 1 is 1.29 bits per heavy atom. The summed E-state index contributed by atoms with van der Waals surface area (Å²) < 4.78 is 37.2. The second-order valence-corrected chi connectivity index (χ2v) is 7.64. The summed E-state index contributed by atoms with van der Waals surface area (Å²) in [7, 11) is 1.73. The molecule has 11 heteroatoms. The number of fused-ring (bicyclic) bond motifs is 1. The molecule has 2 aromatic heterocycles. The van der Waals surface area contributed by atoms with Gasteiger partial charge in [-0.3, -0.25) is 14.9 Å². The lowest BCUT2D eigenvalue weighted by Gasteiger charge is -2.26. The molecule has 1 aromatic carbocycles. The molecule has 7 nitrogen and oxygen atoms in total. The number of methoxy groups -OCH3 is 1. The number of rotatable bonds is 4. The molecule has 0 saturated carbocycles. The van der Waals surface area contributed by atoms with E-state index in [9.17, 15) is 13.2 Å². The summed E-state index contributed by atoms with van der Waals surface area (Å²) >= 11 is 1.73. The Balaban J connectivity index is 0.000000339. The number of alkyl halides is 3. The first-order valence-corrected chi connectivity index (χ1v) is 9.99. The van der Waals surface area contributed by atoms with Gasteiger partial charge < -0.3 is 9.84 Å². The minimum absolute atomic E-state index is 0.855. The van der Waals surface area contributed by atoms with Crippen LogP contribution in [0.2, 0.25) is 0 Å². The summed E-state index contributed by atoms with van der Waals surface area (Å²) in [6.45, 7) is 2.82. The van der Waals surface area contributed by atoms with Crippen molar-refractivity contribution in [2.45, 2.75) is 25.7 Å². The number of benzene rings is 1. The summed E-state index contributed by atoms with van der Waals surface area (Å²) in [5.41, 5.74) is 3.28. The van der Waals surface area contributed by atoms with E-state index in [4.69, 9.17) is 19.6 Å². The maximum atomic E-state index is 10.6. The largest absolute Gasteiger partial charge is 0.496 e. The van der Waals surface area contributed by atoms with Crippen molar-refractivity contribution >= 4 is 17.3 Å². The second kappa shape index (κ2) is 9.84. The number of halogens is 3. The summed E-state index contributed by atoms with van der Waals surface area (Å²) in [6.07, 6.45) is 1.06. The maximum Gasteiger partial charge on any atom is 0.490 e. The SMILES string of the molecule is COc1ccccc1CN1CCc2nc(-c3cnccn3)sc2C1.O=C(O)C(F)(F)F. The van der Waals surface area contributed by atoms with Crippen molar-refractivity contribution in [2.75, 3.05) is 13.7 Å². The van der Waals surface area contributed by atoms with Crippen LogP contribution in [0.15, 0.2) is 42.9 Å². The van der Waals surface area contributed by atoms with E-state index in [1.165, 1.54) is 16.1 Å². The molecule has 0 saturated heterocycles. The predicted octanol–water partition coefficient (Wildman–Crippen LogP) is 3.80. The quantitative estimate of drug-likeness (QED) is 0.644. The first-order valence-electron chi connectivity index (χ1n) is 9.17. The third-order valence-electron chi connectivity index (χ3n) is 4.42. The summed E-state index contributed by atoms with van der Waals surface area (Å²) in [4.78, 5) is 25.9. The van der Waals surface area contributed by atoms with Crippen molar-refractivity contribution in [3.63, 3.8) is 0 Å². The molecule has 3 aromatic rings. The van der Waals surface area contributed by atoms with Gasteiger partial charge in [0.15, 0.2) is 0 Å². The first kappa shape index (κ1) is 22.6. The molecule has 164 valence electrons. The van der Waals surface area contributed by atoms with Crippen LogP contribution >= 0.6 is 11.3 Å². The molecular formula is C20H19F3N4O3S. The van der Waals surface area contributed by atoms with Crippen LogP contribution in [0.4, 0.5) is 13.2 Å². The third kappa shape index (κ3) is 5.98. The van der Waals surface area contributed by atoms with Crippen LogP contribution in [-0.4, -0.2) is 50.8 Å². The molecule has 1 N–H and O–H groups in total. The molecule has 0 bridgehead atoms. The van der Waals surface area contributed by atoms with Gasteiger partial charge in [-0.05, 0) is 6.07 Å². The van der Waals surface area contributed by atoms with Crippen molar-refractivity contribution in [3.8, 4) is 16.5 Å². The fraction of sp³-hybridized carbons (Fsp3) is 0.300. The van der Waals surface area contributed by atoms with E-state index in [-0.39, 0.29) is 0 Å². The number of hydrogen-bond donors (Lipinski definition) is 1. The Labute approximate surface area is 180 Å². The zero-order valence-corrected chi connectivity index (χ0v) is 17.3. The number of aromatic nitrogens is 3. The minimum atomic E-state index is -5.08. The number of carboxylic acids is 1. The second-order valence-electron chi connectivity index (χ2n) is 6.55. The summed E-state index contributed by atoms with van der Waals surface area (Å²) in [5.74, 6) is -1.81. The lowest BCUT2D eigenvalue weighted by atomic mass is 10.1. The molecule has 0 radical (unpaired) electrons. The number of thiazole rings is 1. The maximum absolute atomic E-state index is 10.6. The Morgan fingerprint density at radius 3 is 2.68 bits per heavy atom. The molecule has 0 fully saturated rings. The number of para-hydroxylation sites is 1. The zero-order valence-electron chi connectivity index (χ0n) is 16.5. The molecular weight excluding hydrogens is 433 g/mol. The molecule has 4 rings (SSSR count). The smallest absolute Gasteiger partial charge is 0.490 e. The topological polar surface area (TPSA) is 88.4 Å². The minimum Gasteiger partial charge on any atom is -0.496 e. The van der Waals surface area contributed by atoms with E-state index in [1.807, 2.05) is 12.1 Å².